The predicted octanol–water partition coefficient (Wildman–Crippen LogP) is 1.07. The molecular weight excluding hydrogens is 160 g/mol. The van der Waals surface area contributed by atoms with Gasteiger partial charge in [0, 0.05) is 6.42 Å². The lowest BCUT2D eigenvalue weighted by Crippen LogP contribution is -2.28. The SMILES string of the molecule is COC(=O)OC1CCCC(O)C1. The topological polar surface area (TPSA) is 55.8 Å². The summed E-state index contributed by atoms with van der Waals surface area (Å²) in [6.45, 7) is 0. The number of ether oxygens (including phenoxy) is 2. The molecule has 70 valence electrons. The van der Waals surface area contributed by atoms with E-state index >= 15 is 0 Å². The molecule has 0 aromatic heterocycles. The lowest BCUT2D eigenvalue weighted by Gasteiger charge is -2.24. The van der Waals surface area contributed by atoms with E-state index < -0.39 is 6.16 Å². The van der Waals surface area contributed by atoms with Gasteiger partial charge in [0.15, 0.2) is 0 Å². The van der Waals surface area contributed by atoms with E-state index in [1.807, 2.05) is 0 Å². The van der Waals surface area contributed by atoms with Crippen molar-refractivity contribution in [3.63, 3.8) is 0 Å². The predicted molar refractivity (Wildman–Crippen MR) is 41.8 cm³/mol. The average molecular weight is 174 g/mol. The largest absolute Gasteiger partial charge is 0.508 e. The first-order chi connectivity index (χ1) is 5.72. The number of hydrogen-bond acceptors (Lipinski definition) is 4. The Labute approximate surface area is 71.5 Å². The van der Waals surface area contributed by atoms with Gasteiger partial charge in [0.25, 0.3) is 0 Å². The van der Waals surface area contributed by atoms with Crippen molar-refractivity contribution < 1.29 is 19.4 Å². The summed E-state index contributed by atoms with van der Waals surface area (Å²) in [6, 6.07) is 0. The Hall–Kier alpha value is -0.770. The second kappa shape index (κ2) is 4.30. The number of rotatable bonds is 1. The number of methoxy groups -OCH3 is 1. The van der Waals surface area contributed by atoms with Crippen molar-refractivity contribution in [2.24, 2.45) is 0 Å². The van der Waals surface area contributed by atoms with Crippen molar-refractivity contribution in [3.05, 3.63) is 0 Å². The number of aliphatic hydroxyl groups excluding tert-OH is 1. The van der Waals surface area contributed by atoms with Crippen LogP contribution in [-0.2, 0) is 9.47 Å². The molecule has 1 fully saturated rings. The number of carbonyl (C=O) groups is 1. The molecule has 12 heavy (non-hydrogen) atoms. The van der Waals surface area contributed by atoms with Gasteiger partial charge in [-0.2, -0.15) is 0 Å². The van der Waals surface area contributed by atoms with Gasteiger partial charge in [-0.1, -0.05) is 0 Å². The Kier molecular flexibility index (Phi) is 3.34. The van der Waals surface area contributed by atoms with Gasteiger partial charge in [0.1, 0.15) is 6.10 Å². The summed E-state index contributed by atoms with van der Waals surface area (Å²) in [4.78, 5) is 10.7. The molecule has 0 saturated heterocycles. The third-order valence-corrected chi connectivity index (χ3v) is 2.03. The Bertz CT molecular complexity index is 157. The van der Waals surface area contributed by atoms with E-state index in [1.165, 1.54) is 7.11 Å². The molecule has 1 N–H and O–H groups in total. The molecule has 0 amide bonds. The van der Waals surface area contributed by atoms with Gasteiger partial charge in [-0.25, -0.2) is 4.79 Å². The van der Waals surface area contributed by atoms with Crippen LogP contribution in [0.2, 0.25) is 0 Å². The molecule has 1 saturated carbocycles. The second-order valence-corrected chi connectivity index (χ2v) is 3.01. The first kappa shape index (κ1) is 9.32. The zero-order valence-electron chi connectivity index (χ0n) is 7.16. The number of hydrogen-bond donors (Lipinski definition) is 1. The van der Waals surface area contributed by atoms with Crippen molar-refractivity contribution in [2.75, 3.05) is 7.11 Å². The van der Waals surface area contributed by atoms with Gasteiger partial charge in [-0.3, -0.25) is 0 Å². The van der Waals surface area contributed by atoms with Crippen LogP contribution in [0.4, 0.5) is 4.79 Å². The molecule has 1 aliphatic rings. The summed E-state index contributed by atoms with van der Waals surface area (Å²) in [5.74, 6) is 0. The maximum absolute atomic E-state index is 10.7. The van der Waals surface area contributed by atoms with Crippen molar-refractivity contribution >= 4 is 6.16 Å². The van der Waals surface area contributed by atoms with Gasteiger partial charge in [-0.05, 0) is 19.3 Å². The molecule has 4 heteroatoms. The zero-order chi connectivity index (χ0) is 8.97. The van der Waals surface area contributed by atoms with Crippen LogP contribution in [-0.4, -0.2) is 30.6 Å². The lowest BCUT2D eigenvalue weighted by molar-refractivity contribution is -0.00683. The Morgan fingerprint density at radius 1 is 1.50 bits per heavy atom. The average Bonchev–Trinajstić information content (AvgIpc) is 2.04. The Morgan fingerprint density at radius 3 is 2.83 bits per heavy atom. The third-order valence-electron chi connectivity index (χ3n) is 2.03. The minimum atomic E-state index is -0.658. The maximum Gasteiger partial charge on any atom is 0.508 e. The summed E-state index contributed by atoms with van der Waals surface area (Å²) in [6.07, 6.45) is 1.93. The first-order valence-corrected chi connectivity index (χ1v) is 4.15. The van der Waals surface area contributed by atoms with Crippen LogP contribution in [0.25, 0.3) is 0 Å². The standard InChI is InChI=1S/C8H14O4/c1-11-8(10)12-7-4-2-3-6(9)5-7/h6-7,9H,2-5H2,1H3. The van der Waals surface area contributed by atoms with Crippen LogP contribution >= 0.6 is 0 Å². The Morgan fingerprint density at radius 2 is 2.25 bits per heavy atom. The van der Waals surface area contributed by atoms with E-state index in [-0.39, 0.29) is 12.2 Å². The summed E-state index contributed by atoms with van der Waals surface area (Å²) in [7, 11) is 1.28. The molecule has 0 radical (unpaired) electrons. The summed E-state index contributed by atoms with van der Waals surface area (Å²) >= 11 is 0. The molecule has 2 atom stereocenters. The van der Waals surface area contributed by atoms with Gasteiger partial charge >= 0.3 is 6.16 Å². The summed E-state index contributed by atoms with van der Waals surface area (Å²) in [5, 5.41) is 9.23. The third kappa shape index (κ3) is 2.70. The summed E-state index contributed by atoms with van der Waals surface area (Å²) in [5.41, 5.74) is 0. The van der Waals surface area contributed by atoms with Crippen molar-refractivity contribution in [2.45, 2.75) is 37.9 Å². The normalized spacial score (nSPS) is 29.5. The quantitative estimate of drug-likeness (QED) is 0.604. The molecule has 0 aliphatic heterocycles. The van der Waals surface area contributed by atoms with Crippen LogP contribution in [0.1, 0.15) is 25.7 Å². The molecule has 1 rings (SSSR count). The molecule has 0 aromatic rings. The monoisotopic (exact) mass is 174 g/mol. The van der Waals surface area contributed by atoms with Gasteiger partial charge in [0.2, 0.25) is 0 Å². The van der Waals surface area contributed by atoms with E-state index in [9.17, 15) is 9.90 Å². The van der Waals surface area contributed by atoms with E-state index in [2.05, 4.69) is 4.74 Å². The highest BCUT2D eigenvalue weighted by atomic mass is 16.7. The highest BCUT2D eigenvalue weighted by Gasteiger charge is 2.23. The Balaban J connectivity index is 2.27. The molecule has 0 spiro atoms. The van der Waals surface area contributed by atoms with Crippen LogP contribution in [0, 0.1) is 0 Å². The first-order valence-electron chi connectivity index (χ1n) is 4.15. The van der Waals surface area contributed by atoms with Crippen LogP contribution in [0.5, 0.6) is 0 Å². The summed E-state index contributed by atoms with van der Waals surface area (Å²) < 4.78 is 9.24. The zero-order valence-corrected chi connectivity index (χ0v) is 7.16. The smallest absolute Gasteiger partial charge is 0.438 e. The maximum atomic E-state index is 10.7. The fraction of sp³-hybridized carbons (Fsp3) is 0.875. The minimum absolute atomic E-state index is 0.166. The number of aliphatic hydroxyl groups is 1. The fourth-order valence-corrected chi connectivity index (χ4v) is 1.41. The molecule has 0 heterocycles. The van der Waals surface area contributed by atoms with Crippen molar-refractivity contribution in [1.29, 1.82) is 0 Å². The van der Waals surface area contributed by atoms with Gasteiger partial charge in [-0.15, -0.1) is 0 Å². The molecular formula is C8H14O4. The van der Waals surface area contributed by atoms with Gasteiger partial charge in [0.05, 0.1) is 13.2 Å². The molecule has 0 bridgehead atoms. The van der Waals surface area contributed by atoms with E-state index in [4.69, 9.17) is 4.74 Å². The molecule has 1 aliphatic carbocycles. The molecule has 0 aromatic carbocycles. The van der Waals surface area contributed by atoms with E-state index in [1.54, 1.807) is 0 Å². The van der Waals surface area contributed by atoms with Crippen LogP contribution in [0.15, 0.2) is 0 Å². The highest BCUT2D eigenvalue weighted by Crippen LogP contribution is 2.21. The van der Waals surface area contributed by atoms with Crippen LogP contribution in [0.3, 0.4) is 0 Å². The van der Waals surface area contributed by atoms with E-state index in [0.717, 1.165) is 19.3 Å². The van der Waals surface area contributed by atoms with E-state index in [0.29, 0.717) is 6.42 Å². The fourth-order valence-electron chi connectivity index (χ4n) is 1.41. The van der Waals surface area contributed by atoms with Gasteiger partial charge < -0.3 is 14.6 Å². The van der Waals surface area contributed by atoms with Crippen LogP contribution < -0.4 is 0 Å². The lowest BCUT2D eigenvalue weighted by atomic mass is 9.95. The number of carbonyl (C=O) groups excluding carboxylic acids is 1. The highest BCUT2D eigenvalue weighted by molar-refractivity contribution is 5.59. The van der Waals surface area contributed by atoms with Crippen molar-refractivity contribution in [3.8, 4) is 0 Å². The molecule has 4 nitrogen and oxygen atoms in total. The second-order valence-electron chi connectivity index (χ2n) is 3.01. The molecule has 2 unspecified atom stereocenters. The van der Waals surface area contributed by atoms with Crippen molar-refractivity contribution in [1.82, 2.24) is 0 Å². The minimum Gasteiger partial charge on any atom is -0.438 e.